The SMILES string of the molecule is N#CC1CC2CCC(c3ccc(C(=O)N4CCN(C(=O)C5CCO5)CC4)cc3)CC2C1. The van der Waals surface area contributed by atoms with Crippen LogP contribution in [0.25, 0.3) is 0 Å². The van der Waals surface area contributed by atoms with Gasteiger partial charge in [-0.25, -0.2) is 0 Å². The molecule has 2 aliphatic carbocycles. The summed E-state index contributed by atoms with van der Waals surface area (Å²) in [4.78, 5) is 28.9. The minimum Gasteiger partial charge on any atom is -0.368 e. The van der Waals surface area contributed by atoms with Gasteiger partial charge in [0.25, 0.3) is 11.8 Å². The zero-order valence-corrected chi connectivity index (χ0v) is 18.0. The van der Waals surface area contributed by atoms with Crippen molar-refractivity contribution >= 4 is 11.8 Å². The van der Waals surface area contributed by atoms with E-state index in [0.29, 0.717) is 44.6 Å². The van der Waals surface area contributed by atoms with Crippen molar-refractivity contribution < 1.29 is 14.3 Å². The van der Waals surface area contributed by atoms with Crippen LogP contribution in [0.1, 0.15) is 60.4 Å². The highest BCUT2D eigenvalue weighted by atomic mass is 16.5. The number of carbonyl (C=O) groups excluding carboxylic acids is 2. The third-order valence-corrected chi connectivity index (χ3v) is 7.98. The number of benzene rings is 1. The number of amides is 2. The first-order valence-corrected chi connectivity index (χ1v) is 11.8. The topological polar surface area (TPSA) is 73.6 Å². The number of hydrogen-bond acceptors (Lipinski definition) is 4. The number of piperazine rings is 1. The molecule has 2 aliphatic heterocycles. The van der Waals surface area contributed by atoms with Gasteiger partial charge in [0.05, 0.1) is 12.7 Å². The molecule has 2 saturated heterocycles. The first kappa shape index (κ1) is 20.5. The number of hydrogen-bond donors (Lipinski definition) is 0. The van der Waals surface area contributed by atoms with Crippen molar-refractivity contribution in [1.82, 2.24) is 9.80 Å². The second kappa shape index (κ2) is 8.63. The van der Waals surface area contributed by atoms with Crippen molar-refractivity contribution in [2.24, 2.45) is 17.8 Å². The van der Waals surface area contributed by atoms with Gasteiger partial charge in [-0.15, -0.1) is 0 Å². The number of rotatable bonds is 3. The highest BCUT2D eigenvalue weighted by Gasteiger charge is 2.39. The maximum absolute atomic E-state index is 13.0. The Bertz CT molecular complexity index is 865. The minimum absolute atomic E-state index is 0.0508. The maximum Gasteiger partial charge on any atom is 0.253 e. The van der Waals surface area contributed by atoms with Crippen LogP contribution in [0.5, 0.6) is 0 Å². The molecule has 1 aromatic rings. The molecule has 31 heavy (non-hydrogen) atoms. The number of nitrogens with zero attached hydrogens (tertiary/aromatic N) is 3. The average Bonchev–Trinajstić information content (AvgIpc) is 3.20. The summed E-state index contributed by atoms with van der Waals surface area (Å²) in [6.45, 7) is 2.98. The third-order valence-electron chi connectivity index (χ3n) is 7.98. The van der Waals surface area contributed by atoms with Crippen LogP contribution >= 0.6 is 0 Å². The van der Waals surface area contributed by atoms with Crippen LogP contribution in [0.2, 0.25) is 0 Å². The summed E-state index contributed by atoms with van der Waals surface area (Å²) >= 11 is 0. The van der Waals surface area contributed by atoms with Gasteiger partial charge in [-0.05, 0) is 67.6 Å². The molecule has 6 heteroatoms. The molecule has 164 valence electrons. The lowest BCUT2D eigenvalue weighted by Gasteiger charge is -2.38. The second-order valence-corrected chi connectivity index (χ2v) is 9.72. The van der Waals surface area contributed by atoms with Gasteiger partial charge in [0, 0.05) is 44.1 Å². The van der Waals surface area contributed by atoms with Gasteiger partial charge in [-0.2, -0.15) is 5.26 Å². The smallest absolute Gasteiger partial charge is 0.253 e. The number of fused-ring (bicyclic) bond motifs is 1. The first-order valence-electron chi connectivity index (χ1n) is 11.8. The fourth-order valence-electron chi connectivity index (χ4n) is 6.01. The molecule has 2 saturated carbocycles. The minimum atomic E-state index is -0.264. The molecule has 5 atom stereocenters. The summed E-state index contributed by atoms with van der Waals surface area (Å²) in [5.41, 5.74) is 2.05. The second-order valence-electron chi connectivity index (χ2n) is 9.72. The molecule has 0 radical (unpaired) electrons. The summed E-state index contributed by atoms with van der Waals surface area (Å²) in [6.07, 6.45) is 6.29. The number of nitriles is 1. The zero-order chi connectivity index (χ0) is 21.4. The van der Waals surface area contributed by atoms with E-state index in [0.717, 1.165) is 30.7 Å². The Labute approximate surface area is 184 Å². The van der Waals surface area contributed by atoms with E-state index >= 15 is 0 Å². The molecule has 5 rings (SSSR count). The molecule has 4 fully saturated rings. The quantitative estimate of drug-likeness (QED) is 0.751. The lowest BCUT2D eigenvalue weighted by molar-refractivity contribution is -0.157. The fourth-order valence-corrected chi connectivity index (χ4v) is 6.01. The highest BCUT2D eigenvalue weighted by Crippen LogP contribution is 2.49. The van der Waals surface area contributed by atoms with Crippen molar-refractivity contribution in [3.8, 4) is 6.07 Å². The van der Waals surface area contributed by atoms with Crippen molar-refractivity contribution in [1.29, 1.82) is 5.26 Å². The van der Waals surface area contributed by atoms with Crippen LogP contribution in [0.15, 0.2) is 24.3 Å². The summed E-state index contributed by atoms with van der Waals surface area (Å²) in [5.74, 6) is 2.35. The van der Waals surface area contributed by atoms with E-state index in [1.807, 2.05) is 21.9 Å². The van der Waals surface area contributed by atoms with E-state index in [9.17, 15) is 14.9 Å². The molecule has 6 nitrogen and oxygen atoms in total. The Morgan fingerprint density at radius 2 is 1.58 bits per heavy atom. The molecule has 1 aromatic carbocycles. The van der Waals surface area contributed by atoms with E-state index in [4.69, 9.17) is 4.74 Å². The summed E-state index contributed by atoms with van der Waals surface area (Å²) in [7, 11) is 0. The van der Waals surface area contributed by atoms with Gasteiger partial charge in [0.1, 0.15) is 6.10 Å². The predicted molar refractivity (Wildman–Crippen MR) is 115 cm³/mol. The maximum atomic E-state index is 13.0. The highest BCUT2D eigenvalue weighted by molar-refractivity contribution is 5.94. The normalized spacial score (nSPS) is 32.7. The molecular weight excluding hydrogens is 390 g/mol. The lowest BCUT2D eigenvalue weighted by Crippen LogP contribution is -2.54. The van der Waals surface area contributed by atoms with Crippen LogP contribution in [-0.4, -0.2) is 60.5 Å². The van der Waals surface area contributed by atoms with Crippen LogP contribution in [-0.2, 0) is 9.53 Å². The van der Waals surface area contributed by atoms with Gasteiger partial charge in [-0.3, -0.25) is 9.59 Å². The predicted octanol–water partition coefficient (Wildman–Crippen LogP) is 3.19. The van der Waals surface area contributed by atoms with Crippen molar-refractivity contribution in [3.63, 3.8) is 0 Å². The number of ether oxygens (including phenoxy) is 1. The first-order chi connectivity index (χ1) is 15.1. The van der Waals surface area contributed by atoms with Crippen molar-refractivity contribution in [3.05, 3.63) is 35.4 Å². The van der Waals surface area contributed by atoms with Gasteiger partial charge in [-0.1, -0.05) is 12.1 Å². The fraction of sp³-hybridized carbons (Fsp3) is 0.640. The van der Waals surface area contributed by atoms with E-state index in [2.05, 4.69) is 18.2 Å². The Hall–Kier alpha value is -2.39. The Morgan fingerprint density at radius 3 is 2.23 bits per heavy atom. The molecular formula is C25H31N3O3. The standard InChI is InChI=1S/C25H31N3O3/c26-16-17-13-20-5-6-21(15-22(20)14-17)18-1-3-19(4-2-18)24(29)27-8-10-28(11-9-27)25(30)23-7-12-31-23/h1-4,17,20-23H,5-15H2. The van der Waals surface area contributed by atoms with Crippen LogP contribution in [0.3, 0.4) is 0 Å². The summed E-state index contributed by atoms with van der Waals surface area (Å²) in [6, 6.07) is 10.7. The van der Waals surface area contributed by atoms with E-state index < -0.39 is 0 Å². The molecule has 4 aliphatic rings. The van der Waals surface area contributed by atoms with Crippen LogP contribution in [0.4, 0.5) is 0 Å². The van der Waals surface area contributed by atoms with Crippen molar-refractivity contribution in [2.45, 2.75) is 50.5 Å². The average molecular weight is 422 g/mol. The molecule has 2 heterocycles. The van der Waals surface area contributed by atoms with E-state index in [1.165, 1.54) is 24.8 Å². The lowest BCUT2D eigenvalue weighted by atomic mass is 9.73. The van der Waals surface area contributed by atoms with Crippen molar-refractivity contribution in [2.75, 3.05) is 32.8 Å². The Morgan fingerprint density at radius 1 is 0.903 bits per heavy atom. The molecule has 0 bridgehead atoms. The largest absolute Gasteiger partial charge is 0.368 e. The van der Waals surface area contributed by atoms with E-state index in [1.54, 1.807) is 0 Å². The van der Waals surface area contributed by atoms with Crippen LogP contribution < -0.4 is 0 Å². The summed E-state index contributed by atoms with van der Waals surface area (Å²) < 4.78 is 5.30. The van der Waals surface area contributed by atoms with Gasteiger partial charge >= 0.3 is 0 Å². The Balaban J connectivity index is 1.15. The third kappa shape index (κ3) is 4.08. The van der Waals surface area contributed by atoms with Gasteiger partial charge in [0.2, 0.25) is 0 Å². The molecule has 0 spiro atoms. The van der Waals surface area contributed by atoms with Gasteiger partial charge < -0.3 is 14.5 Å². The summed E-state index contributed by atoms with van der Waals surface area (Å²) in [5, 5.41) is 9.26. The molecule has 5 unspecified atom stereocenters. The van der Waals surface area contributed by atoms with Gasteiger partial charge in [0.15, 0.2) is 0 Å². The van der Waals surface area contributed by atoms with E-state index in [-0.39, 0.29) is 23.8 Å². The molecule has 0 N–H and O–H groups in total. The number of carbonyl (C=O) groups is 2. The molecule has 2 amide bonds. The monoisotopic (exact) mass is 421 g/mol. The Kier molecular flexibility index (Phi) is 5.71. The van der Waals surface area contributed by atoms with Crippen LogP contribution in [0, 0.1) is 29.1 Å². The zero-order valence-electron chi connectivity index (χ0n) is 18.0. The molecule has 0 aromatic heterocycles.